The molecule has 1 fully saturated rings. The maximum atomic E-state index is 8.74. The van der Waals surface area contributed by atoms with Gasteiger partial charge >= 0.3 is 0 Å². The van der Waals surface area contributed by atoms with E-state index in [1.807, 2.05) is 0 Å². The normalized spacial score (nSPS) is 17.0. The zero-order valence-corrected chi connectivity index (χ0v) is 8.44. The van der Waals surface area contributed by atoms with E-state index in [4.69, 9.17) is 10.00 Å². The lowest BCUT2D eigenvalue weighted by Gasteiger charge is -2.23. The second-order valence-electron chi connectivity index (χ2n) is 3.57. The molecule has 1 aliphatic rings. The summed E-state index contributed by atoms with van der Waals surface area (Å²) in [6.45, 7) is 1.60. The number of pyridine rings is 1. The first-order valence-corrected chi connectivity index (χ1v) is 5.09. The van der Waals surface area contributed by atoms with E-state index >= 15 is 0 Å². The van der Waals surface area contributed by atoms with Gasteiger partial charge in [0.1, 0.15) is 5.82 Å². The lowest BCUT2D eigenvalue weighted by molar-refractivity contribution is 0.0904. The van der Waals surface area contributed by atoms with Gasteiger partial charge in [0.25, 0.3) is 0 Å². The molecule has 1 aromatic heterocycles. The lowest BCUT2D eigenvalue weighted by Crippen LogP contribution is -2.28. The van der Waals surface area contributed by atoms with Gasteiger partial charge in [0.15, 0.2) is 0 Å². The lowest BCUT2D eigenvalue weighted by atomic mass is 10.1. The third kappa shape index (κ3) is 2.67. The second kappa shape index (κ2) is 4.76. The van der Waals surface area contributed by atoms with E-state index in [1.165, 1.54) is 0 Å². The van der Waals surface area contributed by atoms with Gasteiger partial charge in [0.05, 0.1) is 11.6 Å². The molecule has 0 saturated carbocycles. The van der Waals surface area contributed by atoms with E-state index in [0.717, 1.165) is 31.9 Å². The Bertz CT molecular complexity index is 366. The number of aromatic nitrogens is 1. The standard InChI is InChI=1S/C11H13N3O/c12-8-9-1-4-13-11(7-9)14-10-2-5-15-6-3-10/h1,4,7,10H,2-3,5-6H2,(H,13,14). The molecule has 4 nitrogen and oxygen atoms in total. The van der Waals surface area contributed by atoms with Crippen LogP contribution in [0.5, 0.6) is 0 Å². The van der Waals surface area contributed by atoms with Crippen LogP contribution < -0.4 is 5.32 Å². The molecule has 1 aliphatic heterocycles. The molecule has 1 N–H and O–H groups in total. The Morgan fingerprint density at radius 1 is 1.47 bits per heavy atom. The third-order valence-electron chi connectivity index (χ3n) is 2.46. The zero-order valence-electron chi connectivity index (χ0n) is 8.44. The van der Waals surface area contributed by atoms with Gasteiger partial charge in [0.2, 0.25) is 0 Å². The molecule has 1 saturated heterocycles. The zero-order chi connectivity index (χ0) is 10.5. The summed E-state index contributed by atoms with van der Waals surface area (Å²) >= 11 is 0. The van der Waals surface area contributed by atoms with Crippen molar-refractivity contribution in [3.8, 4) is 6.07 Å². The molecule has 0 aliphatic carbocycles. The van der Waals surface area contributed by atoms with Crippen LogP contribution in [-0.4, -0.2) is 24.2 Å². The van der Waals surface area contributed by atoms with Crippen molar-refractivity contribution in [3.05, 3.63) is 23.9 Å². The highest BCUT2D eigenvalue weighted by atomic mass is 16.5. The fourth-order valence-corrected chi connectivity index (χ4v) is 1.63. The van der Waals surface area contributed by atoms with Crippen molar-refractivity contribution in [2.45, 2.75) is 18.9 Å². The van der Waals surface area contributed by atoms with Crippen molar-refractivity contribution in [2.75, 3.05) is 18.5 Å². The van der Waals surface area contributed by atoms with Gasteiger partial charge in [-0.1, -0.05) is 0 Å². The Morgan fingerprint density at radius 3 is 3.00 bits per heavy atom. The fraction of sp³-hybridized carbons (Fsp3) is 0.455. The van der Waals surface area contributed by atoms with Crippen LogP contribution in [-0.2, 0) is 4.74 Å². The number of nitrogens with one attached hydrogen (secondary N) is 1. The number of nitriles is 1. The Kier molecular flexibility index (Phi) is 3.15. The van der Waals surface area contributed by atoms with Crippen LogP contribution in [0, 0.1) is 11.3 Å². The first kappa shape index (κ1) is 9.94. The molecule has 0 radical (unpaired) electrons. The van der Waals surface area contributed by atoms with E-state index in [0.29, 0.717) is 11.6 Å². The predicted octanol–water partition coefficient (Wildman–Crippen LogP) is 1.54. The predicted molar refractivity (Wildman–Crippen MR) is 56.4 cm³/mol. The van der Waals surface area contributed by atoms with E-state index < -0.39 is 0 Å². The molecule has 0 bridgehead atoms. The number of anilines is 1. The van der Waals surface area contributed by atoms with Crippen LogP contribution in [0.15, 0.2) is 18.3 Å². The first-order valence-electron chi connectivity index (χ1n) is 5.09. The van der Waals surface area contributed by atoms with E-state index in [2.05, 4.69) is 16.4 Å². The Labute approximate surface area is 88.9 Å². The van der Waals surface area contributed by atoms with Crippen LogP contribution in [0.1, 0.15) is 18.4 Å². The summed E-state index contributed by atoms with van der Waals surface area (Å²) in [4.78, 5) is 4.18. The number of hydrogen-bond donors (Lipinski definition) is 1. The maximum Gasteiger partial charge on any atom is 0.127 e. The van der Waals surface area contributed by atoms with Crippen molar-refractivity contribution in [2.24, 2.45) is 0 Å². The van der Waals surface area contributed by atoms with Crippen molar-refractivity contribution in [1.29, 1.82) is 5.26 Å². The minimum absolute atomic E-state index is 0.417. The SMILES string of the molecule is N#Cc1ccnc(NC2CCOCC2)c1. The number of hydrogen-bond acceptors (Lipinski definition) is 4. The highest BCUT2D eigenvalue weighted by Gasteiger charge is 2.13. The summed E-state index contributed by atoms with van der Waals surface area (Å²) in [6.07, 6.45) is 3.65. The molecular formula is C11H13N3O. The summed E-state index contributed by atoms with van der Waals surface area (Å²) < 4.78 is 5.27. The molecule has 0 unspecified atom stereocenters. The van der Waals surface area contributed by atoms with Crippen molar-refractivity contribution in [1.82, 2.24) is 4.98 Å². The van der Waals surface area contributed by atoms with Crippen molar-refractivity contribution in [3.63, 3.8) is 0 Å². The van der Waals surface area contributed by atoms with E-state index in [1.54, 1.807) is 18.3 Å². The van der Waals surface area contributed by atoms with Gasteiger partial charge in [-0.15, -0.1) is 0 Å². The monoisotopic (exact) mass is 203 g/mol. The fourth-order valence-electron chi connectivity index (χ4n) is 1.63. The Morgan fingerprint density at radius 2 is 2.27 bits per heavy atom. The smallest absolute Gasteiger partial charge is 0.127 e. The summed E-state index contributed by atoms with van der Waals surface area (Å²) in [5.41, 5.74) is 0.638. The molecule has 0 aromatic carbocycles. The van der Waals surface area contributed by atoms with Gasteiger partial charge in [-0.3, -0.25) is 0 Å². The minimum Gasteiger partial charge on any atom is -0.381 e. The molecule has 0 atom stereocenters. The van der Waals surface area contributed by atoms with Crippen LogP contribution in [0.25, 0.3) is 0 Å². The largest absolute Gasteiger partial charge is 0.381 e. The Hall–Kier alpha value is -1.60. The van der Waals surface area contributed by atoms with Crippen LogP contribution >= 0.6 is 0 Å². The molecule has 2 heterocycles. The number of ether oxygens (including phenoxy) is 1. The number of nitrogens with zero attached hydrogens (tertiary/aromatic N) is 2. The van der Waals surface area contributed by atoms with E-state index in [-0.39, 0.29) is 0 Å². The highest BCUT2D eigenvalue weighted by molar-refractivity contribution is 5.43. The van der Waals surface area contributed by atoms with Gasteiger partial charge in [-0.05, 0) is 25.0 Å². The minimum atomic E-state index is 0.417. The average Bonchev–Trinajstić information content (AvgIpc) is 2.31. The molecule has 1 aromatic rings. The highest BCUT2D eigenvalue weighted by Crippen LogP contribution is 2.13. The summed E-state index contributed by atoms with van der Waals surface area (Å²) in [5, 5.41) is 12.1. The third-order valence-corrected chi connectivity index (χ3v) is 2.46. The van der Waals surface area contributed by atoms with Gasteiger partial charge in [0, 0.05) is 25.5 Å². The van der Waals surface area contributed by atoms with Gasteiger partial charge < -0.3 is 10.1 Å². The van der Waals surface area contributed by atoms with E-state index in [9.17, 15) is 0 Å². The molecule has 15 heavy (non-hydrogen) atoms. The quantitative estimate of drug-likeness (QED) is 0.792. The first-order chi connectivity index (χ1) is 7.38. The average molecular weight is 203 g/mol. The topological polar surface area (TPSA) is 57.9 Å². The van der Waals surface area contributed by atoms with Crippen LogP contribution in [0.3, 0.4) is 0 Å². The molecule has 2 rings (SSSR count). The second-order valence-corrected chi connectivity index (χ2v) is 3.57. The van der Waals surface area contributed by atoms with Crippen molar-refractivity contribution < 1.29 is 4.74 Å². The molecule has 0 spiro atoms. The number of rotatable bonds is 2. The van der Waals surface area contributed by atoms with Gasteiger partial charge in [-0.25, -0.2) is 4.98 Å². The molecular weight excluding hydrogens is 190 g/mol. The summed E-state index contributed by atoms with van der Waals surface area (Å²) in [6, 6.07) is 5.99. The van der Waals surface area contributed by atoms with Crippen LogP contribution in [0.4, 0.5) is 5.82 Å². The summed E-state index contributed by atoms with van der Waals surface area (Å²) in [7, 11) is 0. The molecule has 78 valence electrons. The van der Waals surface area contributed by atoms with Crippen molar-refractivity contribution >= 4 is 5.82 Å². The Balaban J connectivity index is 2.00. The summed E-state index contributed by atoms with van der Waals surface area (Å²) in [5.74, 6) is 0.779. The van der Waals surface area contributed by atoms with Gasteiger partial charge in [-0.2, -0.15) is 5.26 Å². The molecule has 4 heteroatoms. The maximum absolute atomic E-state index is 8.74. The van der Waals surface area contributed by atoms with Crippen LogP contribution in [0.2, 0.25) is 0 Å². The molecule has 0 amide bonds.